The fourth-order valence-corrected chi connectivity index (χ4v) is 1.90. The summed E-state index contributed by atoms with van der Waals surface area (Å²) >= 11 is 0. The third-order valence-corrected chi connectivity index (χ3v) is 3.00. The van der Waals surface area contributed by atoms with E-state index in [1.165, 1.54) is 19.3 Å². The Balaban J connectivity index is 2.50. The van der Waals surface area contributed by atoms with Crippen LogP contribution in [0.3, 0.4) is 0 Å². The summed E-state index contributed by atoms with van der Waals surface area (Å²) in [7, 11) is 0. The highest BCUT2D eigenvalue weighted by atomic mass is 16.1. The molecule has 0 bridgehead atoms. The van der Waals surface area contributed by atoms with E-state index in [0.29, 0.717) is 17.8 Å². The van der Waals surface area contributed by atoms with Crippen LogP contribution in [0.5, 0.6) is 0 Å². The number of anilines is 2. The van der Waals surface area contributed by atoms with Crippen LogP contribution in [0, 0.1) is 0 Å². The second kappa shape index (κ2) is 8.40. The van der Waals surface area contributed by atoms with E-state index in [-0.39, 0.29) is 5.91 Å². The number of hydrogen-bond acceptors (Lipinski definition) is 3. The number of nitrogens with two attached hydrogens (primary N) is 1. The SMILES string of the molecule is CCCCCCNc1ccc(C(=O)NCC)cc1N. The van der Waals surface area contributed by atoms with Crippen molar-refractivity contribution in [3.8, 4) is 0 Å². The molecule has 0 radical (unpaired) electrons. The normalized spacial score (nSPS) is 10.2. The highest BCUT2D eigenvalue weighted by Gasteiger charge is 2.06. The second-order valence-electron chi connectivity index (χ2n) is 4.65. The van der Waals surface area contributed by atoms with Gasteiger partial charge in [-0.1, -0.05) is 26.2 Å². The van der Waals surface area contributed by atoms with Crippen LogP contribution >= 0.6 is 0 Å². The van der Waals surface area contributed by atoms with Gasteiger partial charge in [-0.2, -0.15) is 0 Å². The third kappa shape index (κ3) is 5.20. The maximum absolute atomic E-state index is 11.7. The monoisotopic (exact) mass is 263 g/mol. The van der Waals surface area contributed by atoms with Gasteiger partial charge in [-0.3, -0.25) is 4.79 Å². The van der Waals surface area contributed by atoms with E-state index in [2.05, 4.69) is 17.6 Å². The smallest absolute Gasteiger partial charge is 0.251 e. The molecule has 0 heterocycles. The molecule has 1 rings (SSSR count). The van der Waals surface area contributed by atoms with Gasteiger partial charge in [-0.25, -0.2) is 0 Å². The number of rotatable bonds is 8. The first kappa shape index (κ1) is 15.3. The minimum Gasteiger partial charge on any atom is -0.397 e. The Morgan fingerprint density at radius 1 is 1.21 bits per heavy atom. The summed E-state index contributed by atoms with van der Waals surface area (Å²) in [5, 5.41) is 6.07. The summed E-state index contributed by atoms with van der Waals surface area (Å²) in [6.07, 6.45) is 4.89. The second-order valence-corrected chi connectivity index (χ2v) is 4.65. The molecule has 4 heteroatoms. The predicted octanol–water partition coefficient (Wildman–Crippen LogP) is 3.01. The number of hydrogen-bond donors (Lipinski definition) is 3. The minimum absolute atomic E-state index is 0.0799. The predicted molar refractivity (Wildman–Crippen MR) is 81.5 cm³/mol. The first-order valence-electron chi connectivity index (χ1n) is 7.10. The van der Waals surface area contributed by atoms with Crippen molar-refractivity contribution in [1.29, 1.82) is 0 Å². The average Bonchev–Trinajstić information content (AvgIpc) is 2.40. The summed E-state index contributed by atoms with van der Waals surface area (Å²) in [6, 6.07) is 5.40. The Labute approximate surface area is 115 Å². The average molecular weight is 263 g/mol. The maximum atomic E-state index is 11.7. The summed E-state index contributed by atoms with van der Waals surface area (Å²) in [5.74, 6) is -0.0799. The number of carbonyl (C=O) groups excluding carboxylic acids is 1. The molecule has 0 aliphatic carbocycles. The van der Waals surface area contributed by atoms with Gasteiger partial charge in [0.2, 0.25) is 0 Å². The number of benzene rings is 1. The zero-order valence-electron chi connectivity index (χ0n) is 12.0. The fraction of sp³-hybridized carbons (Fsp3) is 0.533. The van der Waals surface area contributed by atoms with Crippen LogP contribution in [-0.4, -0.2) is 19.0 Å². The first-order valence-corrected chi connectivity index (χ1v) is 7.10. The van der Waals surface area contributed by atoms with E-state index in [0.717, 1.165) is 18.7 Å². The highest BCUT2D eigenvalue weighted by Crippen LogP contribution is 2.20. The zero-order chi connectivity index (χ0) is 14.1. The lowest BCUT2D eigenvalue weighted by atomic mass is 10.1. The van der Waals surface area contributed by atoms with Crippen LogP contribution in [0.25, 0.3) is 0 Å². The van der Waals surface area contributed by atoms with Crippen LogP contribution < -0.4 is 16.4 Å². The standard InChI is InChI=1S/C15H25N3O/c1-3-5-6-7-10-18-14-9-8-12(11-13(14)16)15(19)17-4-2/h8-9,11,18H,3-7,10,16H2,1-2H3,(H,17,19). The van der Waals surface area contributed by atoms with Gasteiger partial charge in [0.05, 0.1) is 11.4 Å². The van der Waals surface area contributed by atoms with Crippen molar-refractivity contribution in [3.63, 3.8) is 0 Å². The molecule has 4 nitrogen and oxygen atoms in total. The highest BCUT2D eigenvalue weighted by molar-refractivity contribution is 5.96. The quantitative estimate of drug-likeness (QED) is 0.499. The van der Waals surface area contributed by atoms with Crippen LogP contribution in [0.2, 0.25) is 0 Å². The third-order valence-electron chi connectivity index (χ3n) is 3.00. The van der Waals surface area contributed by atoms with Crippen LogP contribution in [0.15, 0.2) is 18.2 Å². The van der Waals surface area contributed by atoms with E-state index < -0.39 is 0 Å². The van der Waals surface area contributed by atoms with Crippen molar-refractivity contribution >= 4 is 17.3 Å². The summed E-state index contributed by atoms with van der Waals surface area (Å²) < 4.78 is 0. The summed E-state index contributed by atoms with van der Waals surface area (Å²) in [5.41, 5.74) is 8.09. The molecule has 4 N–H and O–H groups in total. The first-order chi connectivity index (χ1) is 9.19. The summed E-state index contributed by atoms with van der Waals surface area (Å²) in [4.78, 5) is 11.7. The summed E-state index contributed by atoms with van der Waals surface area (Å²) in [6.45, 7) is 5.64. The Morgan fingerprint density at radius 2 is 2.00 bits per heavy atom. The number of nitrogen functional groups attached to an aromatic ring is 1. The van der Waals surface area contributed by atoms with E-state index >= 15 is 0 Å². The van der Waals surface area contributed by atoms with Gasteiger partial charge in [-0.05, 0) is 31.5 Å². The molecule has 106 valence electrons. The molecule has 0 atom stereocenters. The van der Waals surface area contributed by atoms with E-state index in [9.17, 15) is 4.79 Å². The molecule has 0 unspecified atom stereocenters. The number of amides is 1. The van der Waals surface area contributed by atoms with Crippen LogP contribution in [-0.2, 0) is 0 Å². The number of carbonyl (C=O) groups is 1. The largest absolute Gasteiger partial charge is 0.397 e. The molecule has 0 aliphatic heterocycles. The molecule has 0 aromatic heterocycles. The molecule has 19 heavy (non-hydrogen) atoms. The fourth-order valence-electron chi connectivity index (χ4n) is 1.90. The van der Waals surface area contributed by atoms with Gasteiger partial charge in [0.25, 0.3) is 5.91 Å². The van der Waals surface area contributed by atoms with Gasteiger partial charge in [0.1, 0.15) is 0 Å². The molecular weight excluding hydrogens is 238 g/mol. The van der Waals surface area contributed by atoms with E-state index in [4.69, 9.17) is 5.73 Å². The molecule has 1 aromatic rings. The molecule has 0 saturated carbocycles. The Hall–Kier alpha value is -1.71. The van der Waals surface area contributed by atoms with Gasteiger partial charge in [-0.15, -0.1) is 0 Å². The lowest BCUT2D eigenvalue weighted by Gasteiger charge is -2.10. The molecule has 0 spiro atoms. The molecule has 1 amide bonds. The molecule has 0 aliphatic rings. The maximum Gasteiger partial charge on any atom is 0.251 e. The Kier molecular flexibility index (Phi) is 6.79. The van der Waals surface area contributed by atoms with Crippen LogP contribution in [0.4, 0.5) is 11.4 Å². The van der Waals surface area contributed by atoms with Crippen molar-refractivity contribution in [2.24, 2.45) is 0 Å². The number of unbranched alkanes of at least 4 members (excludes halogenated alkanes) is 3. The Bertz CT molecular complexity index is 404. The minimum atomic E-state index is -0.0799. The molecule has 0 saturated heterocycles. The Morgan fingerprint density at radius 3 is 2.63 bits per heavy atom. The zero-order valence-corrected chi connectivity index (χ0v) is 12.0. The van der Waals surface area contributed by atoms with Crippen molar-refractivity contribution in [2.45, 2.75) is 39.5 Å². The van der Waals surface area contributed by atoms with Crippen molar-refractivity contribution in [1.82, 2.24) is 5.32 Å². The molecule has 0 fully saturated rings. The van der Waals surface area contributed by atoms with Gasteiger partial charge in [0.15, 0.2) is 0 Å². The van der Waals surface area contributed by atoms with Crippen LogP contribution in [0.1, 0.15) is 49.9 Å². The topological polar surface area (TPSA) is 67.2 Å². The lowest BCUT2D eigenvalue weighted by molar-refractivity contribution is 0.0956. The van der Waals surface area contributed by atoms with Gasteiger partial charge in [0, 0.05) is 18.7 Å². The van der Waals surface area contributed by atoms with Crippen molar-refractivity contribution < 1.29 is 4.79 Å². The lowest BCUT2D eigenvalue weighted by Crippen LogP contribution is -2.22. The number of nitrogens with one attached hydrogen (secondary N) is 2. The van der Waals surface area contributed by atoms with Gasteiger partial charge < -0.3 is 16.4 Å². The van der Waals surface area contributed by atoms with E-state index in [1.54, 1.807) is 12.1 Å². The van der Waals surface area contributed by atoms with Gasteiger partial charge >= 0.3 is 0 Å². The van der Waals surface area contributed by atoms with E-state index in [1.807, 2.05) is 13.0 Å². The van der Waals surface area contributed by atoms with Crippen molar-refractivity contribution in [2.75, 3.05) is 24.1 Å². The molecular formula is C15H25N3O. The molecule has 1 aromatic carbocycles. The van der Waals surface area contributed by atoms with Crippen molar-refractivity contribution in [3.05, 3.63) is 23.8 Å².